The van der Waals surface area contributed by atoms with Crippen LogP contribution in [0, 0.1) is 0 Å². The third-order valence-electron chi connectivity index (χ3n) is 6.24. The Balaban J connectivity index is 1.34. The first-order valence-corrected chi connectivity index (χ1v) is 13.4. The number of carbonyl (C=O) groups is 3. The van der Waals surface area contributed by atoms with Gasteiger partial charge in [0.2, 0.25) is 5.91 Å². The van der Waals surface area contributed by atoms with Crippen LogP contribution in [-0.2, 0) is 30.7 Å². The quantitative estimate of drug-likeness (QED) is 0.648. The number of sulfone groups is 1. The molecule has 10 nitrogen and oxygen atoms in total. The first-order valence-electron chi connectivity index (χ1n) is 11.5. The summed E-state index contributed by atoms with van der Waals surface area (Å²) in [6, 6.07) is 6.57. The average molecular weight is 491 g/mol. The topological polar surface area (TPSA) is 125 Å². The Morgan fingerprint density at radius 3 is 2.41 bits per heavy atom. The highest BCUT2D eigenvalue weighted by molar-refractivity contribution is 7.91. The van der Waals surface area contributed by atoms with Gasteiger partial charge in [0, 0.05) is 38.0 Å². The van der Waals surface area contributed by atoms with E-state index in [1.807, 2.05) is 13.8 Å². The van der Waals surface area contributed by atoms with Gasteiger partial charge in [-0.05, 0) is 38.0 Å². The zero-order valence-electron chi connectivity index (χ0n) is 19.4. The molecule has 0 radical (unpaired) electrons. The summed E-state index contributed by atoms with van der Waals surface area (Å²) in [6.07, 6.45) is 0.659. The molecule has 0 spiro atoms. The van der Waals surface area contributed by atoms with E-state index in [0.29, 0.717) is 25.1 Å². The van der Waals surface area contributed by atoms with Crippen molar-refractivity contribution in [1.29, 1.82) is 0 Å². The lowest BCUT2D eigenvalue weighted by Crippen LogP contribution is -2.48. The van der Waals surface area contributed by atoms with Gasteiger partial charge < -0.3 is 15.0 Å². The molecule has 3 atom stereocenters. The summed E-state index contributed by atoms with van der Waals surface area (Å²) in [5, 5.41) is 8.16. The maximum absolute atomic E-state index is 12.8. The average Bonchev–Trinajstić information content (AvgIpc) is 3.16. The number of ether oxygens (including phenoxy) is 1. The molecular formula is C23H30N4O6S. The highest BCUT2D eigenvalue weighted by atomic mass is 32.2. The van der Waals surface area contributed by atoms with Crippen LogP contribution in [0.2, 0.25) is 0 Å². The maximum atomic E-state index is 12.8. The van der Waals surface area contributed by atoms with Crippen LogP contribution in [0.3, 0.4) is 0 Å². The molecule has 3 aliphatic heterocycles. The number of benzene rings is 1. The SMILES string of the molecule is CC1CN(C(=O)c2ccc(CNC(=O)C3=NN(C4CCS(=O)(=O)C4)C(=O)CC3)cc2)CC(C)O1. The summed E-state index contributed by atoms with van der Waals surface area (Å²) in [6.45, 7) is 5.24. The first-order chi connectivity index (χ1) is 16.1. The molecule has 11 heteroatoms. The molecule has 1 aromatic carbocycles. The number of hydrogen-bond donors (Lipinski definition) is 1. The molecule has 3 amide bonds. The molecule has 1 N–H and O–H groups in total. The van der Waals surface area contributed by atoms with Crippen LogP contribution in [0.1, 0.15) is 49.0 Å². The van der Waals surface area contributed by atoms with Crippen LogP contribution >= 0.6 is 0 Å². The van der Waals surface area contributed by atoms with Crippen molar-refractivity contribution in [2.45, 2.75) is 57.9 Å². The Kier molecular flexibility index (Phi) is 7.04. The summed E-state index contributed by atoms with van der Waals surface area (Å²) in [7, 11) is -3.17. The lowest BCUT2D eigenvalue weighted by atomic mass is 10.1. The molecule has 184 valence electrons. The molecule has 1 aromatic rings. The monoisotopic (exact) mass is 490 g/mol. The van der Waals surface area contributed by atoms with Gasteiger partial charge in [0.15, 0.2) is 9.84 Å². The van der Waals surface area contributed by atoms with E-state index in [1.54, 1.807) is 29.2 Å². The van der Waals surface area contributed by atoms with Crippen LogP contribution in [0.5, 0.6) is 0 Å². The van der Waals surface area contributed by atoms with Crippen LogP contribution < -0.4 is 5.32 Å². The molecular weight excluding hydrogens is 460 g/mol. The molecule has 34 heavy (non-hydrogen) atoms. The number of nitrogens with zero attached hydrogens (tertiary/aromatic N) is 3. The third kappa shape index (κ3) is 5.64. The lowest BCUT2D eigenvalue weighted by molar-refractivity contribution is -0.133. The first kappa shape index (κ1) is 24.3. The minimum absolute atomic E-state index is 0.00539. The number of rotatable bonds is 5. The van der Waals surface area contributed by atoms with Gasteiger partial charge in [0.25, 0.3) is 11.8 Å². The smallest absolute Gasteiger partial charge is 0.267 e. The summed E-state index contributed by atoms with van der Waals surface area (Å²) in [5.41, 5.74) is 1.61. The second-order valence-electron chi connectivity index (χ2n) is 9.19. The Hall–Kier alpha value is -2.79. The maximum Gasteiger partial charge on any atom is 0.267 e. The van der Waals surface area contributed by atoms with Gasteiger partial charge in [0.05, 0.1) is 29.8 Å². The van der Waals surface area contributed by atoms with Crippen molar-refractivity contribution >= 4 is 33.3 Å². The molecule has 3 unspecified atom stereocenters. The van der Waals surface area contributed by atoms with Crippen molar-refractivity contribution in [3.8, 4) is 0 Å². The largest absolute Gasteiger partial charge is 0.372 e. The third-order valence-corrected chi connectivity index (χ3v) is 7.99. The summed E-state index contributed by atoms with van der Waals surface area (Å²) < 4.78 is 29.2. The van der Waals surface area contributed by atoms with Crippen molar-refractivity contribution in [2.24, 2.45) is 5.10 Å². The molecule has 0 saturated carbocycles. The Bertz CT molecular complexity index is 1090. The fourth-order valence-electron chi connectivity index (χ4n) is 4.56. The van der Waals surface area contributed by atoms with E-state index in [0.717, 1.165) is 5.56 Å². The molecule has 2 saturated heterocycles. The van der Waals surface area contributed by atoms with Gasteiger partial charge >= 0.3 is 0 Å². The van der Waals surface area contributed by atoms with Crippen LogP contribution in [0.4, 0.5) is 0 Å². The van der Waals surface area contributed by atoms with Gasteiger partial charge in [-0.2, -0.15) is 5.10 Å². The minimum Gasteiger partial charge on any atom is -0.372 e. The summed E-state index contributed by atoms with van der Waals surface area (Å²) in [5.74, 6) is -0.795. The lowest BCUT2D eigenvalue weighted by Gasteiger charge is -2.35. The number of hydrogen-bond acceptors (Lipinski definition) is 7. The highest BCUT2D eigenvalue weighted by Crippen LogP contribution is 2.22. The Morgan fingerprint density at radius 2 is 1.79 bits per heavy atom. The second kappa shape index (κ2) is 9.83. The van der Waals surface area contributed by atoms with E-state index in [1.165, 1.54) is 5.01 Å². The van der Waals surface area contributed by atoms with E-state index in [9.17, 15) is 22.8 Å². The molecule has 0 aromatic heterocycles. The number of nitrogens with one attached hydrogen (secondary N) is 1. The van der Waals surface area contributed by atoms with Gasteiger partial charge in [0.1, 0.15) is 5.71 Å². The molecule has 4 rings (SSSR count). The van der Waals surface area contributed by atoms with Gasteiger partial charge in [-0.3, -0.25) is 14.4 Å². The van der Waals surface area contributed by atoms with E-state index in [-0.39, 0.29) is 60.6 Å². The zero-order valence-corrected chi connectivity index (χ0v) is 20.2. The second-order valence-corrected chi connectivity index (χ2v) is 11.4. The highest BCUT2D eigenvalue weighted by Gasteiger charge is 2.37. The van der Waals surface area contributed by atoms with Crippen LogP contribution in [0.25, 0.3) is 0 Å². The van der Waals surface area contributed by atoms with Crippen LogP contribution in [-0.4, -0.2) is 84.6 Å². The fraction of sp³-hybridized carbons (Fsp3) is 0.565. The minimum atomic E-state index is -3.17. The molecule has 3 aliphatic rings. The van der Waals surface area contributed by atoms with E-state index in [2.05, 4.69) is 10.4 Å². The van der Waals surface area contributed by atoms with E-state index in [4.69, 9.17) is 4.74 Å². The van der Waals surface area contributed by atoms with E-state index >= 15 is 0 Å². The summed E-state index contributed by atoms with van der Waals surface area (Å²) in [4.78, 5) is 39.5. The number of hydrazone groups is 1. The molecule has 2 fully saturated rings. The molecule has 0 bridgehead atoms. The van der Waals surface area contributed by atoms with Crippen molar-refractivity contribution in [3.63, 3.8) is 0 Å². The van der Waals surface area contributed by atoms with Gasteiger partial charge in [-0.25, -0.2) is 13.4 Å². The number of morpholine rings is 1. The van der Waals surface area contributed by atoms with Gasteiger partial charge in [-0.15, -0.1) is 0 Å². The number of carbonyl (C=O) groups excluding carboxylic acids is 3. The zero-order chi connectivity index (χ0) is 24.5. The fourth-order valence-corrected chi connectivity index (χ4v) is 6.26. The van der Waals surface area contributed by atoms with Crippen LogP contribution in [0.15, 0.2) is 29.4 Å². The summed E-state index contributed by atoms with van der Waals surface area (Å²) >= 11 is 0. The van der Waals surface area contributed by atoms with Gasteiger partial charge in [-0.1, -0.05) is 12.1 Å². The normalized spacial score (nSPS) is 26.8. The van der Waals surface area contributed by atoms with Crippen molar-refractivity contribution < 1.29 is 27.5 Å². The molecule has 3 heterocycles. The number of amides is 3. The standard InChI is InChI=1S/C23H30N4O6S/c1-15-12-26(13-16(2)33-15)23(30)18-5-3-17(4-6-18)11-24-22(29)20-7-8-21(28)27(25-20)19-9-10-34(31,32)14-19/h3-6,15-16,19H,7-14H2,1-2H3,(H,24,29). The van der Waals surface area contributed by atoms with Crippen molar-refractivity contribution in [3.05, 3.63) is 35.4 Å². The predicted molar refractivity (Wildman–Crippen MR) is 125 cm³/mol. The van der Waals surface area contributed by atoms with E-state index < -0.39 is 21.8 Å². The van der Waals surface area contributed by atoms with Crippen molar-refractivity contribution in [1.82, 2.24) is 15.2 Å². The Morgan fingerprint density at radius 1 is 1.12 bits per heavy atom. The Labute approximate surface area is 199 Å². The van der Waals surface area contributed by atoms with Crippen molar-refractivity contribution in [2.75, 3.05) is 24.6 Å². The predicted octanol–water partition coefficient (Wildman–Crippen LogP) is 0.718. The molecule has 0 aliphatic carbocycles.